The van der Waals surface area contributed by atoms with Gasteiger partial charge in [0, 0.05) is 45.0 Å². The number of benzene rings is 1. The van der Waals surface area contributed by atoms with Crippen molar-refractivity contribution in [2.45, 2.75) is 44.0 Å². The minimum atomic E-state index is -3.49. The maximum absolute atomic E-state index is 12.7. The van der Waals surface area contributed by atoms with Gasteiger partial charge in [0.25, 0.3) is 0 Å². The summed E-state index contributed by atoms with van der Waals surface area (Å²) in [4.78, 5) is 28.4. The van der Waals surface area contributed by atoms with Gasteiger partial charge in [-0.2, -0.15) is 4.31 Å². The van der Waals surface area contributed by atoms with E-state index in [1.807, 2.05) is 11.8 Å². The third kappa shape index (κ3) is 5.75. The maximum atomic E-state index is 12.7. The summed E-state index contributed by atoms with van der Waals surface area (Å²) in [5.41, 5.74) is 0.555. The molecule has 2 aliphatic rings. The Morgan fingerprint density at radius 3 is 2.19 bits per heavy atom. The molecule has 1 N–H and O–H groups in total. The first-order valence-electron chi connectivity index (χ1n) is 10.9. The number of carbonyl (C=O) groups is 2. The van der Waals surface area contributed by atoms with Crippen LogP contribution >= 0.6 is 0 Å². The lowest BCUT2D eigenvalue weighted by molar-refractivity contribution is -0.121. The molecule has 9 nitrogen and oxygen atoms in total. The summed E-state index contributed by atoms with van der Waals surface area (Å²) in [6.07, 6.45) is 2.52. The van der Waals surface area contributed by atoms with Crippen molar-refractivity contribution < 1.29 is 22.7 Å². The Morgan fingerprint density at radius 2 is 1.61 bits per heavy atom. The Bertz CT molecular complexity index is 860. The van der Waals surface area contributed by atoms with Crippen LogP contribution in [-0.4, -0.2) is 86.4 Å². The van der Waals surface area contributed by atoms with Gasteiger partial charge in [-0.25, -0.2) is 13.2 Å². The molecular weight excluding hydrogens is 420 g/mol. The smallest absolute Gasteiger partial charge is 0.409 e. The number of hydrogen-bond donors (Lipinski definition) is 1. The first-order valence-corrected chi connectivity index (χ1v) is 12.3. The SMILES string of the molecule is CCOC(=O)N1CCN(C(C)C(=O)Nc2ccc(S(=O)(=O)N3CCCCC3)cc2)CC1. The number of ether oxygens (including phenoxy) is 1. The molecule has 2 aliphatic heterocycles. The van der Waals surface area contributed by atoms with Crippen molar-refractivity contribution in [2.24, 2.45) is 0 Å². The number of piperazine rings is 1. The third-order valence-electron chi connectivity index (χ3n) is 5.84. The van der Waals surface area contributed by atoms with E-state index in [1.165, 1.54) is 4.31 Å². The van der Waals surface area contributed by atoms with Crippen LogP contribution in [0.25, 0.3) is 0 Å². The second-order valence-corrected chi connectivity index (χ2v) is 9.81. The van der Waals surface area contributed by atoms with Crippen molar-refractivity contribution in [3.63, 3.8) is 0 Å². The Morgan fingerprint density at radius 1 is 1.00 bits per heavy atom. The van der Waals surface area contributed by atoms with E-state index in [4.69, 9.17) is 4.74 Å². The summed E-state index contributed by atoms with van der Waals surface area (Å²) in [5.74, 6) is -0.170. The molecule has 0 aliphatic carbocycles. The number of piperidine rings is 1. The van der Waals surface area contributed by atoms with E-state index >= 15 is 0 Å². The minimum absolute atomic E-state index is 0.170. The molecule has 0 aromatic heterocycles. The van der Waals surface area contributed by atoms with Crippen LogP contribution in [0.5, 0.6) is 0 Å². The van der Waals surface area contributed by atoms with Crippen LogP contribution in [0, 0.1) is 0 Å². The molecule has 2 amide bonds. The van der Waals surface area contributed by atoms with Crippen LogP contribution in [0.2, 0.25) is 0 Å². The van der Waals surface area contributed by atoms with Gasteiger partial charge >= 0.3 is 6.09 Å². The van der Waals surface area contributed by atoms with E-state index in [-0.39, 0.29) is 22.9 Å². The van der Waals surface area contributed by atoms with Crippen molar-refractivity contribution in [1.82, 2.24) is 14.1 Å². The fraction of sp³-hybridized carbons (Fsp3) is 0.619. The van der Waals surface area contributed by atoms with Gasteiger partial charge in [0.15, 0.2) is 0 Å². The fourth-order valence-electron chi connectivity index (χ4n) is 3.88. The van der Waals surface area contributed by atoms with Gasteiger partial charge in [-0.15, -0.1) is 0 Å². The van der Waals surface area contributed by atoms with Gasteiger partial charge in [-0.05, 0) is 51.0 Å². The molecule has 2 fully saturated rings. The first-order chi connectivity index (χ1) is 14.8. The molecule has 3 rings (SSSR count). The summed E-state index contributed by atoms with van der Waals surface area (Å²) >= 11 is 0. The molecule has 1 aromatic rings. The number of amides is 2. The molecule has 10 heteroatoms. The molecule has 172 valence electrons. The second-order valence-electron chi connectivity index (χ2n) is 7.88. The number of anilines is 1. The molecular formula is C21H32N4O5S. The maximum Gasteiger partial charge on any atom is 0.409 e. The van der Waals surface area contributed by atoms with Crippen LogP contribution in [0.1, 0.15) is 33.1 Å². The number of sulfonamides is 1. The molecule has 0 spiro atoms. The molecule has 31 heavy (non-hydrogen) atoms. The number of nitrogens with zero attached hydrogens (tertiary/aromatic N) is 3. The van der Waals surface area contributed by atoms with Crippen LogP contribution in [-0.2, 0) is 19.6 Å². The molecule has 1 aromatic carbocycles. The van der Waals surface area contributed by atoms with E-state index in [0.717, 1.165) is 19.3 Å². The third-order valence-corrected chi connectivity index (χ3v) is 7.75. The second kappa shape index (κ2) is 10.4. The molecule has 0 radical (unpaired) electrons. The Balaban J connectivity index is 1.54. The van der Waals surface area contributed by atoms with Gasteiger partial charge in [-0.3, -0.25) is 9.69 Å². The van der Waals surface area contributed by atoms with Crippen molar-refractivity contribution >= 4 is 27.7 Å². The highest BCUT2D eigenvalue weighted by Crippen LogP contribution is 2.22. The first kappa shape index (κ1) is 23.5. The van der Waals surface area contributed by atoms with Crippen LogP contribution in [0.15, 0.2) is 29.2 Å². The topological polar surface area (TPSA) is 99.3 Å². The standard InChI is InChI=1S/C21H32N4O5S/c1-3-30-21(27)24-15-13-23(14-16-24)17(2)20(26)22-18-7-9-19(10-8-18)31(28,29)25-11-5-4-6-12-25/h7-10,17H,3-6,11-16H2,1-2H3,(H,22,26). The van der Waals surface area contributed by atoms with Gasteiger partial charge in [0.2, 0.25) is 15.9 Å². The van der Waals surface area contributed by atoms with Crippen LogP contribution in [0.4, 0.5) is 10.5 Å². The Kier molecular flexibility index (Phi) is 7.90. The minimum Gasteiger partial charge on any atom is -0.450 e. The largest absolute Gasteiger partial charge is 0.450 e. The predicted molar refractivity (Wildman–Crippen MR) is 117 cm³/mol. The molecule has 2 heterocycles. The predicted octanol–water partition coefficient (Wildman–Crippen LogP) is 1.96. The molecule has 2 saturated heterocycles. The van der Waals surface area contributed by atoms with Crippen molar-refractivity contribution in [3.8, 4) is 0 Å². The summed E-state index contributed by atoms with van der Waals surface area (Å²) in [5, 5.41) is 2.86. The van der Waals surface area contributed by atoms with Crippen LogP contribution < -0.4 is 5.32 Å². The van der Waals surface area contributed by atoms with Crippen LogP contribution in [0.3, 0.4) is 0 Å². The van der Waals surface area contributed by atoms with Crippen molar-refractivity contribution in [2.75, 3.05) is 51.2 Å². The number of nitrogens with one attached hydrogen (secondary N) is 1. The monoisotopic (exact) mass is 452 g/mol. The average Bonchev–Trinajstić information content (AvgIpc) is 2.79. The highest BCUT2D eigenvalue weighted by Gasteiger charge is 2.29. The Hall–Kier alpha value is -2.17. The zero-order valence-electron chi connectivity index (χ0n) is 18.2. The zero-order chi connectivity index (χ0) is 22.4. The highest BCUT2D eigenvalue weighted by atomic mass is 32.2. The highest BCUT2D eigenvalue weighted by molar-refractivity contribution is 7.89. The summed E-state index contributed by atoms with van der Waals surface area (Å²) in [7, 11) is -3.49. The lowest BCUT2D eigenvalue weighted by Crippen LogP contribution is -2.54. The van der Waals surface area contributed by atoms with Gasteiger partial charge < -0.3 is 15.0 Å². The summed E-state index contributed by atoms with van der Waals surface area (Å²) < 4.78 is 32.0. The number of carbonyl (C=O) groups excluding carboxylic acids is 2. The van der Waals surface area contributed by atoms with Crippen molar-refractivity contribution in [1.29, 1.82) is 0 Å². The Labute approximate surface area is 184 Å². The number of rotatable bonds is 6. The fourth-order valence-corrected chi connectivity index (χ4v) is 5.40. The quantitative estimate of drug-likeness (QED) is 0.708. The molecule has 0 saturated carbocycles. The van der Waals surface area contributed by atoms with Crippen molar-refractivity contribution in [3.05, 3.63) is 24.3 Å². The average molecular weight is 453 g/mol. The van der Waals surface area contributed by atoms with E-state index in [9.17, 15) is 18.0 Å². The van der Waals surface area contributed by atoms with Gasteiger partial charge in [0.1, 0.15) is 0 Å². The lowest BCUT2D eigenvalue weighted by atomic mass is 10.2. The zero-order valence-corrected chi connectivity index (χ0v) is 19.1. The molecule has 0 bridgehead atoms. The molecule has 1 unspecified atom stereocenters. The van der Waals surface area contributed by atoms with E-state index in [1.54, 1.807) is 36.1 Å². The number of hydrogen-bond acceptors (Lipinski definition) is 6. The van der Waals surface area contributed by atoms with Gasteiger partial charge in [0.05, 0.1) is 17.5 Å². The summed E-state index contributed by atoms with van der Waals surface area (Å²) in [6.45, 7) is 7.25. The molecule has 1 atom stereocenters. The normalized spacial score (nSPS) is 19.6. The van der Waals surface area contributed by atoms with E-state index in [2.05, 4.69) is 5.32 Å². The van der Waals surface area contributed by atoms with E-state index < -0.39 is 10.0 Å². The summed E-state index contributed by atoms with van der Waals surface area (Å²) in [6, 6.07) is 5.96. The van der Waals surface area contributed by atoms with Gasteiger partial charge in [-0.1, -0.05) is 6.42 Å². The lowest BCUT2D eigenvalue weighted by Gasteiger charge is -2.36. The van der Waals surface area contributed by atoms with E-state index in [0.29, 0.717) is 51.6 Å².